The molecule has 21 heavy (non-hydrogen) atoms. The highest BCUT2D eigenvalue weighted by atomic mass is 32.2. The highest BCUT2D eigenvalue weighted by Gasteiger charge is 2.30. The summed E-state index contributed by atoms with van der Waals surface area (Å²) in [5, 5.41) is 20.4. The van der Waals surface area contributed by atoms with Crippen molar-refractivity contribution in [1.82, 2.24) is 0 Å². The maximum absolute atomic E-state index is 11.5. The van der Waals surface area contributed by atoms with Crippen LogP contribution in [0.15, 0.2) is 23.1 Å². The summed E-state index contributed by atoms with van der Waals surface area (Å²) < 4.78 is 23.1. The van der Waals surface area contributed by atoms with Gasteiger partial charge in [0.2, 0.25) is 0 Å². The summed E-state index contributed by atoms with van der Waals surface area (Å²) in [6.45, 7) is 0.186. The van der Waals surface area contributed by atoms with Gasteiger partial charge in [0.15, 0.2) is 9.84 Å². The van der Waals surface area contributed by atoms with Crippen molar-refractivity contribution in [3.63, 3.8) is 0 Å². The third-order valence-corrected chi connectivity index (χ3v) is 4.85. The largest absolute Gasteiger partial charge is 0.395 e. The molecule has 7 nitrogen and oxygen atoms in total. The van der Waals surface area contributed by atoms with Gasteiger partial charge in [0.25, 0.3) is 5.69 Å². The molecule has 1 N–H and O–H groups in total. The van der Waals surface area contributed by atoms with Crippen LogP contribution in [0.3, 0.4) is 0 Å². The summed E-state index contributed by atoms with van der Waals surface area (Å²) in [5.41, 5.74) is 0.129. The van der Waals surface area contributed by atoms with Crippen LogP contribution in [0.5, 0.6) is 0 Å². The first-order valence-corrected chi connectivity index (χ1v) is 8.59. The molecule has 1 fully saturated rings. The molecule has 0 bridgehead atoms. The fourth-order valence-corrected chi connectivity index (χ4v) is 3.07. The molecular formula is C13H18N2O5S. The zero-order chi connectivity index (χ0) is 15.6. The Morgan fingerprint density at radius 1 is 1.43 bits per heavy atom. The number of rotatable bonds is 6. The second-order valence-electron chi connectivity index (χ2n) is 5.18. The Morgan fingerprint density at radius 3 is 2.52 bits per heavy atom. The monoisotopic (exact) mass is 314 g/mol. The third kappa shape index (κ3) is 3.33. The van der Waals surface area contributed by atoms with E-state index in [-0.39, 0.29) is 23.2 Å². The van der Waals surface area contributed by atoms with Gasteiger partial charge < -0.3 is 10.0 Å². The number of hydrogen-bond donors (Lipinski definition) is 1. The van der Waals surface area contributed by atoms with Crippen LogP contribution in [0.4, 0.5) is 11.4 Å². The maximum Gasteiger partial charge on any atom is 0.293 e. The second-order valence-corrected chi connectivity index (χ2v) is 7.20. The normalized spacial score (nSPS) is 15.5. The van der Waals surface area contributed by atoms with E-state index < -0.39 is 14.8 Å². The Labute approximate surface area is 123 Å². The van der Waals surface area contributed by atoms with Crippen LogP contribution in [0.1, 0.15) is 19.3 Å². The lowest BCUT2D eigenvalue weighted by Crippen LogP contribution is -2.42. The minimum atomic E-state index is -3.50. The van der Waals surface area contributed by atoms with Crippen LogP contribution in [-0.2, 0) is 9.84 Å². The Kier molecular flexibility index (Phi) is 4.48. The summed E-state index contributed by atoms with van der Waals surface area (Å²) in [5.74, 6) is 0. The lowest BCUT2D eigenvalue weighted by molar-refractivity contribution is -0.384. The van der Waals surface area contributed by atoms with Crippen LogP contribution in [0.25, 0.3) is 0 Å². The molecule has 0 unspecified atom stereocenters. The first-order chi connectivity index (χ1) is 9.84. The molecule has 1 aliphatic rings. The number of nitrogens with zero attached hydrogens (tertiary/aromatic N) is 2. The highest BCUT2D eigenvalue weighted by molar-refractivity contribution is 7.90. The molecule has 1 aromatic carbocycles. The van der Waals surface area contributed by atoms with E-state index in [0.717, 1.165) is 31.6 Å². The lowest BCUT2D eigenvalue weighted by Gasteiger charge is -2.38. The fraction of sp³-hybridized carbons (Fsp3) is 0.538. The van der Waals surface area contributed by atoms with Crippen LogP contribution in [0, 0.1) is 10.1 Å². The number of aliphatic hydroxyl groups excluding tert-OH is 1. The smallest absolute Gasteiger partial charge is 0.293 e. The molecule has 0 aromatic heterocycles. The molecule has 0 aliphatic heterocycles. The van der Waals surface area contributed by atoms with Crippen LogP contribution < -0.4 is 4.90 Å². The molecule has 0 saturated heterocycles. The molecule has 0 radical (unpaired) electrons. The predicted octanol–water partition coefficient (Wildman–Crippen LogP) is 1.35. The van der Waals surface area contributed by atoms with E-state index in [2.05, 4.69) is 0 Å². The van der Waals surface area contributed by atoms with E-state index in [1.165, 1.54) is 12.1 Å². The van der Waals surface area contributed by atoms with Crippen molar-refractivity contribution in [1.29, 1.82) is 0 Å². The van der Waals surface area contributed by atoms with Crippen molar-refractivity contribution in [2.75, 3.05) is 24.3 Å². The van der Waals surface area contributed by atoms with Crippen molar-refractivity contribution in [2.45, 2.75) is 30.2 Å². The van der Waals surface area contributed by atoms with Gasteiger partial charge in [-0.15, -0.1) is 0 Å². The Balaban J connectivity index is 2.48. The average Bonchev–Trinajstić information content (AvgIpc) is 2.34. The molecule has 1 saturated carbocycles. The van der Waals surface area contributed by atoms with Gasteiger partial charge in [0.05, 0.1) is 16.4 Å². The fourth-order valence-electron chi connectivity index (χ4n) is 2.43. The van der Waals surface area contributed by atoms with Gasteiger partial charge in [-0.3, -0.25) is 10.1 Å². The van der Waals surface area contributed by atoms with Gasteiger partial charge >= 0.3 is 0 Å². The minimum absolute atomic E-state index is 0.0736. The zero-order valence-corrected chi connectivity index (χ0v) is 12.5. The van der Waals surface area contributed by atoms with Gasteiger partial charge in [0, 0.05) is 24.9 Å². The number of nitro groups is 1. The number of hydrogen-bond acceptors (Lipinski definition) is 6. The minimum Gasteiger partial charge on any atom is -0.395 e. The van der Waals surface area contributed by atoms with Gasteiger partial charge in [0.1, 0.15) is 5.69 Å². The molecule has 0 amide bonds. The zero-order valence-electron chi connectivity index (χ0n) is 11.7. The van der Waals surface area contributed by atoms with Crippen LogP contribution >= 0.6 is 0 Å². The van der Waals surface area contributed by atoms with Crippen molar-refractivity contribution in [3.8, 4) is 0 Å². The van der Waals surface area contributed by atoms with E-state index in [0.29, 0.717) is 12.2 Å². The first-order valence-electron chi connectivity index (χ1n) is 6.70. The average molecular weight is 314 g/mol. The highest BCUT2D eigenvalue weighted by Crippen LogP contribution is 2.36. The summed E-state index contributed by atoms with van der Waals surface area (Å²) in [6, 6.07) is 4.09. The molecular weight excluding hydrogens is 296 g/mol. The SMILES string of the molecule is CS(=O)(=O)c1ccc(N(CCO)C2CCC2)c([N+](=O)[O-])c1. The molecule has 0 heterocycles. The number of benzene rings is 1. The predicted molar refractivity (Wildman–Crippen MR) is 78.3 cm³/mol. The first kappa shape index (κ1) is 15.7. The van der Waals surface area contributed by atoms with Gasteiger partial charge in [-0.25, -0.2) is 8.42 Å². The molecule has 0 atom stereocenters. The number of sulfone groups is 1. The maximum atomic E-state index is 11.5. The Bertz CT molecular complexity index is 640. The molecule has 0 spiro atoms. The molecule has 8 heteroatoms. The van der Waals surface area contributed by atoms with Crippen LogP contribution in [0.2, 0.25) is 0 Å². The van der Waals surface area contributed by atoms with Gasteiger partial charge in [-0.05, 0) is 31.4 Å². The standard InChI is InChI=1S/C13H18N2O5S/c1-21(19,20)11-5-6-12(13(9-11)15(17)18)14(7-8-16)10-3-2-4-10/h5-6,9-10,16H,2-4,7-8H2,1H3. The van der Waals surface area contributed by atoms with Crippen molar-refractivity contribution >= 4 is 21.2 Å². The van der Waals surface area contributed by atoms with Gasteiger partial charge in [-0.2, -0.15) is 0 Å². The Morgan fingerprint density at radius 2 is 2.10 bits per heavy atom. The third-order valence-electron chi connectivity index (χ3n) is 3.74. The summed E-state index contributed by atoms with van der Waals surface area (Å²) >= 11 is 0. The summed E-state index contributed by atoms with van der Waals surface area (Å²) in [7, 11) is -3.50. The lowest BCUT2D eigenvalue weighted by atomic mass is 9.91. The topological polar surface area (TPSA) is 101 Å². The van der Waals surface area contributed by atoms with Crippen molar-refractivity contribution < 1.29 is 18.4 Å². The number of aliphatic hydroxyl groups is 1. The van der Waals surface area contributed by atoms with Crippen molar-refractivity contribution in [3.05, 3.63) is 28.3 Å². The molecule has 1 aliphatic carbocycles. The second kappa shape index (κ2) is 5.98. The van der Waals surface area contributed by atoms with E-state index in [1.54, 1.807) is 4.90 Å². The van der Waals surface area contributed by atoms with Gasteiger partial charge in [-0.1, -0.05) is 0 Å². The van der Waals surface area contributed by atoms with E-state index in [1.807, 2.05) is 0 Å². The summed E-state index contributed by atoms with van der Waals surface area (Å²) in [4.78, 5) is 12.4. The quantitative estimate of drug-likeness (QED) is 0.628. The number of anilines is 1. The Hall–Kier alpha value is -1.67. The summed E-state index contributed by atoms with van der Waals surface area (Å²) in [6.07, 6.45) is 3.92. The molecule has 116 valence electrons. The van der Waals surface area contributed by atoms with E-state index >= 15 is 0 Å². The number of nitro benzene ring substituents is 1. The molecule has 2 rings (SSSR count). The van der Waals surface area contributed by atoms with E-state index in [4.69, 9.17) is 0 Å². The van der Waals surface area contributed by atoms with Crippen molar-refractivity contribution in [2.24, 2.45) is 0 Å². The molecule has 1 aromatic rings. The van der Waals surface area contributed by atoms with Crippen LogP contribution in [-0.4, -0.2) is 43.9 Å². The van der Waals surface area contributed by atoms with E-state index in [9.17, 15) is 23.6 Å².